The summed E-state index contributed by atoms with van der Waals surface area (Å²) in [4.78, 5) is 2.42. The number of para-hydroxylation sites is 1. The fourth-order valence-corrected chi connectivity index (χ4v) is 8.25. The minimum absolute atomic E-state index is 0.871. The summed E-state index contributed by atoms with van der Waals surface area (Å²) in [5.41, 5.74) is 12.9. The molecule has 0 aliphatic heterocycles. The van der Waals surface area contributed by atoms with E-state index in [0.717, 1.165) is 82.6 Å². The Morgan fingerprint density at radius 3 is 1.84 bits per heavy atom. The standard InChI is InChI=1S/C56H39NO/c1-2-16-40-19-9-10-22-43(40)35-39-29-32-47(33-30-39)57(53-34-31-46(41-17-5-3-6-18-41)36-50(53)42-20-7-4-8-21-42)52-27-14-13-25-48(52)49-26-15-28-54-56(49)51-37-44-23-11-12-24-45(44)38-55(51)58-54/h2-38H,1H2/b40-16-,43-35+. The Labute approximate surface area is 338 Å². The molecule has 0 saturated carbocycles. The Morgan fingerprint density at radius 1 is 0.431 bits per heavy atom. The highest BCUT2D eigenvalue weighted by molar-refractivity contribution is 6.16. The van der Waals surface area contributed by atoms with E-state index in [2.05, 4.69) is 230 Å². The summed E-state index contributed by atoms with van der Waals surface area (Å²) in [6.07, 6.45) is 6.12. The fourth-order valence-electron chi connectivity index (χ4n) is 8.25. The number of fused-ring (bicyclic) bond motifs is 4. The molecule has 10 rings (SSSR count). The van der Waals surface area contributed by atoms with E-state index in [4.69, 9.17) is 4.42 Å². The molecule has 1 aromatic heterocycles. The van der Waals surface area contributed by atoms with Crippen molar-refractivity contribution in [1.29, 1.82) is 0 Å². The monoisotopic (exact) mass is 741 g/mol. The summed E-state index contributed by atoms with van der Waals surface area (Å²) in [6.45, 7) is 3.93. The molecule has 0 aliphatic carbocycles. The molecule has 0 N–H and O–H groups in total. The smallest absolute Gasteiger partial charge is 0.136 e. The maximum absolute atomic E-state index is 6.59. The minimum Gasteiger partial charge on any atom is -0.456 e. The molecule has 0 atom stereocenters. The Hall–Kier alpha value is -7.68. The van der Waals surface area contributed by atoms with Gasteiger partial charge in [0.25, 0.3) is 0 Å². The van der Waals surface area contributed by atoms with Gasteiger partial charge in [0.05, 0.1) is 11.4 Å². The number of hydrogen-bond donors (Lipinski definition) is 0. The quantitative estimate of drug-likeness (QED) is 0.154. The Kier molecular flexibility index (Phi) is 9.06. The number of hydrogen-bond acceptors (Lipinski definition) is 2. The number of nitrogens with zero attached hydrogens (tertiary/aromatic N) is 1. The van der Waals surface area contributed by atoms with Crippen LogP contribution >= 0.6 is 0 Å². The van der Waals surface area contributed by atoms with Gasteiger partial charge in [0.1, 0.15) is 11.2 Å². The van der Waals surface area contributed by atoms with E-state index in [0.29, 0.717) is 0 Å². The summed E-state index contributed by atoms with van der Waals surface area (Å²) >= 11 is 0. The van der Waals surface area contributed by atoms with Gasteiger partial charge in [-0.05, 0) is 104 Å². The zero-order chi connectivity index (χ0) is 38.8. The van der Waals surface area contributed by atoms with Crippen LogP contribution in [0.2, 0.25) is 0 Å². The highest BCUT2D eigenvalue weighted by Crippen LogP contribution is 2.48. The van der Waals surface area contributed by atoms with Gasteiger partial charge in [0, 0.05) is 27.6 Å². The zero-order valence-corrected chi connectivity index (χ0v) is 31.9. The number of benzene rings is 9. The van der Waals surface area contributed by atoms with E-state index >= 15 is 0 Å². The molecule has 0 fully saturated rings. The van der Waals surface area contributed by atoms with Crippen molar-refractivity contribution in [2.24, 2.45) is 0 Å². The fraction of sp³-hybridized carbons (Fsp3) is 0. The first kappa shape index (κ1) is 34.8. The second kappa shape index (κ2) is 15.1. The highest BCUT2D eigenvalue weighted by Gasteiger charge is 2.23. The van der Waals surface area contributed by atoms with E-state index in [1.807, 2.05) is 6.08 Å². The largest absolute Gasteiger partial charge is 0.456 e. The van der Waals surface area contributed by atoms with Gasteiger partial charge in [0.15, 0.2) is 0 Å². The van der Waals surface area contributed by atoms with Crippen molar-refractivity contribution in [1.82, 2.24) is 0 Å². The average Bonchev–Trinajstić information content (AvgIpc) is 3.65. The SMILES string of the molecule is C=C/C=c1/cccc/c1=C\c1ccc(N(c2ccc(-c3ccccc3)cc2-c2ccccc2)c2ccccc2-c2cccc3oc4cc5ccccc5cc4c23)cc1. The van der Waals surface area contributed by atoms with Gasteiger partial charge in [-0.3, -0.25) is 0 Å². The van der Waals surface area contributed by atoms with Crippen LogP contribution in [0.15, 0.2) is 223 Å². The third-order valence-electron chi connectivity index (χ3n) is 11.0. The van der Waals surface area contributed by atoms with Crippen molar-refractivity contribution in [2.45, 2.75) is 0 Å². The Morgan fingerprint density at radius 2 is 1.07 bits per heavy atom. The third kappa shape index (κ3) is 6.47. The van der Waals surface area contributed by atoms with Gasteiger partial charge in [-0.25, -0.2) is 0 Å². The second-order valence-corrected chi connectivity index (χ2v) is 14.6. The lowest BCUT2D eigenvalue weighted by molar-refractivity contribution is 0.669. The van der Waals surface area contributed by atoms with Gasteiger partial charge >= 0.3 is 0 Å². The molecule has 0 radical (unpaired) electrons. The highest BCUT2D eigenvalue weighted by atomic mass is 16.3. The minimum atomic E-state index is 0.871. The lowest BCUT2D eigenvalue weighted by Gasteiger charge is -2.30. The third-order valence-corrected chi connectivity index (χ3v) is 11.0. The predicted octanol–water partition coefficient (Wildman–Crippen LogP) is 14.0. The van der Waals surface area contributed by atoms with E-state index in [1.54, 1.807) is 0 Å². The van der Waals surface area contributed by atoms with Crippen LogP contribution in [-0.2, 0) is 0 Å². The van der Waals surface area contributed by atoms with Crippen LogP contribution in [0.25, 0.3) is 78.2 Å². The van der Waals surface area contributed by atoms with E-state index < -0.39 is 0 Å². The van der Waals surface area contributed by atoms with Crippen LogP contribution in [0.3, 0.4) is 0 Å². The van der Waals surface area contributed by atoms with Crippen LogP contribution in [0.4, 0.5) is 17.1 Å². The maximum atomic E-state index is 6.59. The summed E-state index contributed by atoms with van der Waals surface area (Å²) in [6, 6.07) is 73.6. The lowest BCUT2D eigenvalue weighted by atomic mass is 9.94. The van der Waals surface area contributed by atoms with E-state index in [9.17, 15) is 0 Å². The molecule has 2 heteroatoms. The summed E-state index contributed by atoms with van der Waals surface area (Å²) in [7, 11) is 0. The van der Waals surface area contributed by atoms with Gasteiger partial charge in [0.2, 0.25) is 0 Å². The van der Waals surface area contributed by atoms with Crippen molar-refractivity contribution in [3.05, 3.63) is 235 Å². The van der Waals surface area contributed by atoms with Crippen LogP contribution in [0.5, 0.6) is 0 Å². The van der Waals surface area contributed by atoms with Crippen molar-refractivity contribution < 1.29 is 4.42 Å². The molecular formula is C56H39NO. The molecule has 2 nitrogen and oxygen atoms in total. The van der Waals surface area contributed by atoms with Gasteiger partial charge in [-0.15, -0.1) is 0 Å². The van der Waals surface area contributed by atoms with Gasteiger partial charge in [-0.2, -0.15) is 0 Å². The molecule has 0 saturated heterocycles. The molecular weight excluding hydrogens is 703 g/mol. The summed E-state index contributed by atoms with van der Waals surface area (Å²) < 4.78 is 6.59. The topological polar surface area (TPSA) is 16.4 Å². The number of anilines is 3. The average molecular weight is 742 g/mol. The van der Waals surface area contributed by atoms with E-state index in [-0.39, 0.29) is 0 Å². The van der Waals surface area contributed by atoms with Crippen molar-refractivity contribution >= 4 is 61.9 Å². The Balaban J connectivity index is 1.22. The first-order chi connectivity index (χ1) is 28.7. The lowest BCUT2D eigenvalue weighted by Crippen LogP contribution is -2.23. The first-order valence-corrected chi connectivity index (χ1v) is 19.7. The van der Waals surface area contributed by atoms with Gasteiger partial charge in [-0.1, -0.05) is 176 Å². The normalized spacial score (nSPS) is 12.1. The molecule has 1 heterocycles. The molecule has 0 spiro atoms. The molecule has 0 unspecified atom stereocenters. The van der Waals surface area contributed by atoms with Crippen LogP contribution < -0.4 is 15.3 Å². The summed E-state index contributed by atoms with van der Waals surface area (Å²) in [5, 5.41) is 6.86. The molecule has 0 bridgehead atoms. The van der Waals surface area contributed by atoms with Crippen molar-refractivity contribution in [3.63, 3.8) is 0 Å². The predicted molar refractivity (Wildman–Crippen MR) is 246 cm³/mol. The van der Waals surface area contributed by atoms with Crippen LogP contribution in [-0.4, -0.2) is 0 Å². The number of rotatable bonds is 8. The van der Waals surface area contributed by atoms with E-state index in [1.165, 1.54) is 16.5 Å². The molecule has 9 aromatic carbocycles. The summed E-state index contributed by atoms with van der Waals surface area (Å²) in [5.74, 6) is 0. The Bertz CT molecular complexity index is 3230. The second-order valence-electron chi connectivity index (χ2n) is 14.6. The number of allylic oxidation sites excluding steroid dienone is 1. The zero-order valence-electron chi connectivity index (χ0n) is 31.9. The van der Waals surface area contributed by atoms with Crippen LogP contribution in [0.1, 0.15) is 5.56 Å². The van der Waals surface area contributed by atoms with Crippen molar-refractivity contribution in [2.75, 3.05) is 4.90 Å². The first-order valence-electron chi connectivity index (χ1n) is 19.7. The maximum Gasteiger partial charge on any atom is 0.136 e. The molecule has 0 amide bonds. The molecule has 10 aromatic rings. The molecule has 274 valence electrons. The van der Waals surface area contributed by atoms with Crippen molar-refractivity contribution in [3.8, 4) is 33.4 Å². The number of furan rings is 1. The van der Waals surface area contributed by atoms with Crippen LogP contribution in [0, 0.1) is 0 Å². The molecule has 58 heavy (non-hydrogen) atoms. The van der Waals surface area contributed by atoms with Gasteiger partial charge < -0.3 is 9.32 Å². The molecule has 0 aliphatic rings.